The van der Waals surface area contributed by atoms with Crippen LogP contribution in [0.25, 0.3) is 11.1 Å². The van der Waals surface area contributed by atoms with Gasteiger partial charge in [-0.25, -0.2) is 9.59 Å². The van der Waals surface area contributed by atoms with Crippen molar-refractivity contribution in [1.29, 1.82) is 0 Å². The first-order valence-corrected chi connectivity index (χ1v) is 12.6. The average Bonchev–Trinajstić information content (AvgIpc) is 3.16. The van der Waals surface area contributed by atoms with Crippen LogP contribution < -0.4 is 10.1 Å². The van der Waals surface area contributed by atoms with Gasteiger partial charge in [-0.2, -0.15) is 0 Å². The third kappa shape index (κ3) is 5.19. The summed E-state index contributed by atoms with van der Waals surface area (Å²) in [5.74, 6) is -0.145. The monoisotopic (exact) mass is 505 g/mol. The molecule has 0 spiro atoms. The highest BCUT2D eigenvalue weighted by molar-refractivity contribution is 6.30. The Labute approximate surface area is 215 Å². The molecule has 0 bridgehead atoms. The molecule has 3 aromatic rings. The van der Waals surface area contributed by atoms with Crippen LogP contribution in [-0.4, -0.2) is 36.4 Å². The molecule has 0 aromatic heterocycles. The van der Waals surface area contributed by atoms with Crippen molar-refractivity contribution < 1.29 is 24.2 Å². The quantitative estimate of drug-likeness (QED) is 0.369. The van der Waals surface area contributed by atoms with Crippen molar-refractivity contribution in [2.24, 2.45) is 5.92 Å². The van der Waals surface area contributed by atoms with Crippen LogP contribution in [0.3, 0.4) is 0 Å². The molecule has 2 aliphatic carbocycles. The van der Waals surface area contributed by atoms with Crippen molar-refractivity contribution in [1.82, 2.24) is 5.32 Å². The zero-order valence-electron chi connectivity index (χ0n) is 19.8. The number of alkyl carbamates (subject to hydrolysis) is 1. The first kappa shape index (κ1) is 24.2. The van der Waals surface area contributed by atoms with Gasteiger partial charge in [0.25, 0.3) is 0 Å². The van der Waals surface area contributed by atoms with Gasteiger partial charge in [-0.3, -0.25) is 0 Å². The molecule has 3 aromatic carbocycles. The van der Waals surface area contributed by atoms with E-state index < -0.39 is 18.1 Å². The summed E-state index contributed by atoms with van der Waals surface area (Å²) in [5, 5.41) is 12.8. The molecule has 186 valence electrons. The number of rotatable bonds is 9. The standard InChI is InChI=1S/C29H28ClNO5/c30-20-12-13-27(35-16-18-6-5-7-18)19(14-20)15-26(28(32)33)31-29(34)36-17-25-23-10-3-1-8-21(23)22-9-2-4-11-24(22)25/h1-4,8-14,18,25-26H,5-7,15-17H2,(H,31,34)(H,32,33)/t26-/m0/s1. The van der Waals surface area contributed by atoms with Crippen LogP contribution in [0.5, 0.6) is 5.75 Å². The second-order valence-corrected chi connectivity index (χ2v) is 9.86. The van der Waals surface area contributed by atoms with E-state index in [0.29, 0.717) is 28.9 Å². The van der Waals surface area contributed by atoms with Crippen LogP contribution in [-0.2, 0) is 16.0 Å². The summed E-state index contributed by atoms with van der Waals surface area (Å²) in [4.78, 5) is 24.7. The van der Waals surface area contributed by atoms with E-state index in [1.807, 2.05) is 36.4 Å². The molecule has 0 radical (unpaired) electrons. The molecule has 6 nitrogen and oxygen atoms in total. The summed E-state index contributed by atoms with van der Waals surface area (Å²) in [5.41, 5.74) is 5.07. The first-order chi connectivity index (χ1) is 17.5. The normalized spacial score (nSPS) is 15.4. The van der Waals surface area contributed by atoms with Gasteiger partial charge in [0.15, 0.2) is 0 Å². The van der Waals surface area contributed by atoms with Gasteiger partial charge in [0.05, 0.1) is 6.61 Å². The lowest BCUT2D eigenvalue weighted by molar-refractivity contribution is -0.139. The van der Waals surface area contributed by atoms with Crippen LogP contribution in [0.1, 0.15) is 41.9 Å². The Morgan fingerprint density at radius 3 is 2.25 bits per heavy atom. The van der Waals surface area contributed by atoms with E-state index in [1.165, 1.54) is 6.42 Å². The largest absolute Gasteiger partial charge is 0.493 e. The van der Waals surface area contributed by atoms with E-state index in [2.05, 4.69) is 17.4 Å². The minimum absolute atomic E-state index is 0.0279. The Kier molecular flexibility index (Phi) is 7.14. The lowest BCUT2D eigenvalue weighted by Crippen LogP contribution is -2.43. The second-order valence-electron chi connectivity index (χ2n) is 9.42. The van der Waals surface area contributed by atoms with Crippen molar-refractivity contribution in [3.05, 3.63) is 88.4 Å². The summed E-state index contributed by atoms with van der Waals surface area (Å²) in [6, 6.07) is 20.1. The van der Waals surface area contributed by atoms with Crippen LogP contribution in [0.4, 0.5) is 4.79 Å². The van der Waals surface area contributed by atoms with Crippen molar-refractivity contribution in [2.45, 2.75) is 37.6 Å². The number of carboxylic acid groups (broad SMARTS) is 1. The molecule has 0 heterocycles. The molecule has 1 fully saturated rings. The highest BCUT2D eigenvalue weighted by Gasteiger charge is 2.30. The number of halogens is 1. The number of carbonyl (C=O) groups excluding carboxylic acids is 1. The summed E-state index contributed by atoms with van der Waals surface area (Å²) in [7, 11) is 0. The lowest BCUT2D eigenvalue weighted by Gasteiger charge is -2.26. The number of hydrogen-bond donors (Lipinski definition) is 2. The molecule has 0 unspecified atom stereocenters. The number of carbonyl (C=O) groups is 2. The van der Waals surface area contributed by atoms with E-state index in [0.717, 1.165) is 35.1 Å². The van der Waals surface area contributed by atoms with Gasteiger partial charge in [0, 0.05) is 17.4 Å². The lowest BCUT2D eigenvalue weighted by atomic mass is 9.86. The molecular formula is C29H28ClNO5. The maximum absolute atomic E-state index is 12.7. The number of benzene rings is 3. The van der Waals surface area contributed by atoms with Gasteiger partial charge >= 0.3 is 12.1 Å². The van der Waals surface area contributed by atoms with Crippen LogP contribution in [0.2, 0.25) is 5.02 Å². The van der Waals surface area contributed by atoms with Crippen molar-refractivity contribution in [3.63, 3.8) is 0 Å². The maximum Gasteiger partial charge on any atom is 0.407 e. The van der Waals surface area contributed by atoms with E-state index in [9.17, 15) is 14.7 Å². The fourth-order valence-electron chi connectivity index (χ4n) is 4.92. The number of ether oxygens (including phenoxy) is 2. The summed E-state index contributed by atoms with van der Waals surface area (Å²) in [6.07, 6.45) is 2.75. The number of carboxylic acids is 1. The molecule has 1 amide bonds. The zero-order valence-corrected chi connectivity index (χ0v) is 20.5. The Morgan fingerprint density at radius 1 is 0.972 bits per heavy atom. The number of fused-ring (bicyclic) bond motifs is 3. The molecule has 7 heteroatoms. The summed E-state index contributed by atoms with van der Waals surface area (Å²) < 4.78 is 11.5. The van der Waals surface area contributed by atoms with E-state index in [-0.39, 0.29) is 18.9 Å². The number of nitrogens with one attached hydrogen (secondary N) is 1. The maximum atomic E-state index is 12.7. The van der Waals surface area contributed by atoms with Crippen molar-refractivity contribution in [2.75, 3.05) is 13.2 Å². The van der Waals surface area contributed by atoms with Crippen LogP contribution in [0, 0.1) is 5.92 Å². The third-order valence-electron chi connectivity index (χ3n) is 7.08. The number of amides is 1. The summed E-state index contributed by atoms with van der Waals surface area (Å²) >= 11 is 6.18. The second kappa shape index (κ2) is 10.6. The molecule has 0 saturated heterocycles. The highest BCUT2D eigenvalue weighted by atomic mass is 35.5. The van der Waals surface area contributed by atoms with E-state index >= 15 is 0 Å². The predicted octanol–water partition coefficient (Wildman–Crippen LogP) is 6.05. The average molecular weight is 506 g/mol. The third-order valence-corrected chi connectivity index (χ3v) is 7.31. The minimum Gasteiger partial charge on any atom is -0.493 e. The number of aliphatic carboxylic acids is 1. The SMILES string of the molecule is O=C(N[C@@H](Cc1cc(Cl)ccc1OCC1CCC1)C(=O)O)OCC1c2ccccc2-c2ccccc21. The Hall–Kier alpha value is -3.51. The topological polar surface area (TPSA) is 84.9 Å². The molecule has 2 N–H and O–H groups in total. The highest BCUT2D eigenvalue weighted by Crippen LogP contribution is 2.44. The van der Waals surface area contributed by atoms with E-state index in [1.54, 1.807) is 18.2 Å². The van der Waals surface area contributed by atoms with Gasteiger partial charge in [-0.1, -0.05) is 66.6 Å². The van der Waals surface area contributed by atoms with Crippen molar-refractivity contribution in [3.8, 4) is 16.9 Å². The number of hydrogen-bond acceptors (Lipinski definition) is 4. The van der Waals surface area contributed by atoms with Gasteiger partial charge < -0.3 is 19.9 Å². The van der Waals surface area contributed by atoms with Gasteiger partial charge in [-0.15, -0.1) is 0 Å². The smallest absolute Gasteiger partial charge is 0.407 e. The molecule has 5 rings (SSSR count). The molecule has 1 saturated carbocycles. The van der Waals surface area contributed by atoms with E-state index in [4.69, 9.17) is 21.1 Å². The van der Waals surface area contributed by atoms with Crippen LogP contribution in [0.15, 0.2) is 66.7 Å². The van der Waals surface area contributed by atoms with Crippen LogP contribution >= 0.6 is 11.6 Å². The van der Waals surface area contributed by atoms with Gasteiger partial charge in [0.1, 0.15) is 18.4 Å². The van der Waals surface area contributed by atoms with Crippen molar-refractivity contribution >= 4 is 23.7 Å². The first-order valence-electron chi connectivity index (χ1n) is 12.2. The fourth-order valence-corrected chi connectivity index (χ4v) is 5.11. The molecular weight excluding hydrogens is 478 g/mol. The van der Waals surface area contributed by atoms with Gasteiger partial charge in [0.2, 0.25) is 0 Å². The minimum atomic E-state index is -1.19. The summed E-state index contributed by atoms with van der Waals surface area (Å²) in [6.45, 7) is 0.700. The molecule has 36 heavy (non-hydrogen) atoms. The Morgan fingerprint density at radius 2 is 1.64 bits per heavy atom. The van der Waals surface area contributed by atoms with Gasteiger partial charge in [-0.05, 0) is 64.8 Å². The Bertz CT molecular complexity index is 1230. The predicted molar refractivity (Wildman–Crippen MR) is 138 cm³/mol. The molecule has 0 aliphatic heterocycles. The molecule has 1 atom stereocenters. The Balaban J connectivity index is 1.24. The zero-order chi connectivity index (χ0) is 25.1. The molecule has 2 aliphatic rings. The fraction of sp³-hybridized carbons (Fsp3) is 0.310.